The molecule has 0 bridgehead atoms. The molecule has 0 fully saturated rings. The minimum absolute atomic E-state index is 0.554. The fourth-order valence-electron chi connectivity index (χ4n) is 1.65. The highest BCUT2D eigenvalue weighted by Gasteiger charge is 2.08. The maximum absolute atomic E-state index is 5.19. The molecule has 0 aliphatic carbocycles. The van der Waals surface area contributed by atoms with Crippen LogP contribution in [-0.4, -0.2) is 15.0 Å². The van der Waals surface area contributed by atoms with Crippen molar-refractivity contribution in [3.05, 3.63) is 38.2 Å². The van der Waals surface area contributed by atoms with Crippen molar-refractivity contribution in [2.24, 2.45) is 0 Å². The number of halogens is 1. The lowest BCUT2D eigenvalue weighted by molar-refractivity contribution is 1.05. The van der Waals surface area contributed by atoms with Crippen LogP contribution in [0.25, 0.3) is 11.5 Å². The van der Waals surface area contributed by atoms with Crippen LogP contribution in [0.5, 0.6) is 0 Å². The van der Waals surface area contributed by atoms with Gasteiger partial charge < -0.3 is 4.98 Å². The summed E-state index contributed by atoms with van der Waals surface area (Å²) < 4.78 is 1.39. The van der Waals surface area contributed by atoms with Gasteiger partial charge in [-0.1, -0.05) is 18.3 Å². The standard InChI is InChI=1S/C12H12BrN3S/c1-6-4-7(2)10(14-5-6)11-15-8(3)9(13)12(17)16-11/h4-5H,1-3H3,(H,15,16,17). The van der Waals surface area contributed by atoms with Crippen molar-refractivity contribution >= 4 is 28.1 Å². The summed E-state index contributed by atoms with van der Waals surface area (Å²) in [4.78, 5) is 12.0. The molecule has 0 saturated carbocycles. The molecule has 17 heavy (non-hydrogen) atoms. The first-order valence-corrected chi connectivity index (χ1v) is 6.39. The molecule has 0 aliphatic heterocycles. The zero-order valence-corrected chi connectivity index (χ0v) is 12.2. The number of aromatic amines is 1. The van der Waals surface area contributed by atoms with Gasteiger partial charge in [0.2, 0.25) is 0 Å². The molecule has 0 aromatic carbocycles. The van der Waals surface area contributed by atoms with Crippen molar-refractivity contribution in [1.29, 1.82) is 0 Å². The fraction of sp³-hybridized carbons (Fsp3) is 0.250. The molecule has 0 radical (unpaired) electrons. The van der Waals surface area contributed by atoms with E-state index in [1.807, 2.05) is 27.0 Å². The van der Waals surface area contributed by atoms with Crippen LogP contribution >= 0.6 is 28.1 Å². The Morgan fingerprint density at radius 3 is 2.59 bits per heavy atom. The number of aromatic nitrogens is 3. The van der Waals surface area contributed by atoms with E-state index in [-0.39, 0.29) is 0 Å². The van der Waals surface area contributed by atoms with Crippen LogP contribution in [0.15, 0.2) is 16.7 Å². The fourth-order valence-corrected chi connectivity index (χ4v) is 2.08. The number of hydrogen-bond donors (Lipinski definition) is 1. The van der Waals surface area contributed by atoms with Crippen molar-refractivity contribution in [3.8, 4) is 11.5 Å². The van der Waals surface area contributed by atoms with Gasteiger partial charge in [0.1, 0.15) is 10.3 Å². The second-order valence-electron chi connectivity index (χ2n) is 4.01. The number of aryl methyl sites for hydroxylation is 3. The van der Waals surface area contributed by atoms with Crippen LogP contribution < -0.4 is 0 Å². The van der Waals surface area contributed by atoms with Crippen molar-refractivity contribution in [1.82, 2.24) is 15.0 Å². The average Bonchev–Trinajstić information content (AvgIpc) is 2.25. The first-order chi connectivity index (χ1) is 7.99. The molecular weight excluding hydrogens is 298 g/mol. The molecule has 2 rings (SSSR count). The number of rotatable bonds is 1. The third-order valence-corrected chi connectivity index (χ3v) is 4.00. The van der Waals surface area contributed by atoms with Gasteiger partial charge in [-0.2, -0.15) is 0 Å². The first-order valence-electron chi connectivity index (χ1n) is 5.19. The molecule has 1 N–H and O–H groups in total. The molecule has 2 heterocycles. The summed E-state index contributed by atoms with van der Waals surface area (Å²) >= 11 is 8.59. The minimum atomic E-state index is 0.554. The van der Waals surface area contributed by atoms with Crippen molar-refractivity contribution in [3.63, 3.8) is 0 Å². The van der Waals surface area contributed by atoms with Crippen LogP contribution in [0.2, 0.25) is 0 Å². The molecule has 3 nitrogen and oxygen atoms in total. The Morgan fingerprint density at radius 1 is 1.29 bits per heavy atom. The van der Waals surface area contributed by atoms with E-state index in [4.69, 9.17) is 12.2 Å². The molecular formula is C12H12BrN3S. The number of pyridine rings is 1. The lowest BCUT2D eigenvalue weighted by Gasteiger charge is -2.07. The van der Waals surface area contributed by atoms with Gasteiger partial charge >= 0.3 is 0 Å². The van der Waals surface area contributed by atoms with Crippen LogP contribution in [-0.2, 0) is 0 Å². The van der Waals surface area contributed by atoms with Gasteiger partial charge in [0.25, 0.3) is 0 Å². The zero-order valence-electron chi connectivity index (χ0n) is 9.84. The van der Waals surface area contributed by atoms with Gasteiger partial charge in [0.15, 0.2) is 5.82 Å². The van der Waals surface area contributed by atoms with E-state index in [1.165, 1.54) is 0 Å². The maximum atomic E-state index is 5.19. The summed E-state index contributed by atoms with van der Waals surface area (Å²) in [7, 11) is 0. The number of H-pyrrole nitrogens is 1. The highest BCUT2D eigenvalue weighted by Crippen LogP contribution is 2.21. The van der Waals surface area contributed by atoms with Crippen molar-refractivity contribution in [2.75, 3.05) is 0 Å². The van der Waals surface area contributed by atoms with Gasteiger partial charge in [-0.05, 0) is 47.8 Å². The average molecular weight is 310 g/mol. The minimum Gasteiger partial charge on any atom is -0.341 e. The highest BCUT2D eigenvalue weighted by atomic mass is 79.9. The molecule has 0 saturated heterocycles. The molecule has 2 aromatic rings. The Kier molecular flexibility index (Phi) is 3.40. The van der Waals surface area contributed by atoms with Gasteiger partial charge in [-0.15, -0.1) is 0 Å². The van der Waals surface area contributed by atoms with Gasteiger partial charge in [0.05, 0.1) is 4.47 Å². The zero-order chi connectivity index (χ0) is 12.6. The molecule has 0 unspecified atom stereocenters. The van der Waals surface area contributed by atoms with Crippen molar-refractivity contribution < 1.29 is 0 Å². The summed E-state index contributed by atoms with van der Waals surface area (Å²) in [6, 6.07) is 2.08. The van der Waals surface area contributed by atoms with Gasteiger partial charge in [0, 0.05) is 11.9 Å². The lowest BCUT2D eigenvalue weighted by Crippen LogP contribution is -1.98. The van der Waals surface area contributed by atoms with Crippen LogP contribution in [0.1, 0.15) is 16.8 Å². The Balaban J connectivity index is 2.65. The first kappa shape index (κ1) is 12.4. The number of nitrogens with zero attached hydrogens (tertiary/aromatic N) is 2. The van der Waals surface area contributed by atoms with Crippen LogP contribution in [0.3, 0.4) is 0 Å². The summed E-state index contributed by atoms with van der Waals surface area (Å²) in [6.07, 6.45) is 1.83. The lowest BCUT2D eigenvalue weighted by atomic mass is 10.1. The summed E-state index contributed by atoms with van der Waals surface area (Å²) in [5.41, 5.74) is 4.03. The smallest absolute Gasteiger partial charge is 0.158 e. The van der Waals surface area contributed by atoms with E-state index < -0.39 is 0 Å². The Bertz CT molecular complexity index is 634. The monoisotopic (exact) mass is 309 g/mol. The number of hydrogen-bond acceptors (Lipinski definition) is 3. The third-order valence-electron chi connectivity index (χ3n) is 2.48. The predicted octanol–water partition coefficient (Wildman–Crippen LogP) is 3.89. The molecule has 2 aromatic heterocycles. The predicted molar refractivity (Wildman–Crippen MR) is 74.6 cm³/mol. The molecule has 0 amide bonds. The van der Waals surface area contributed by atoms with Gasteiger partial charge in [-0.25, -0.2) is 4.98 Å². The molecule has 0 aliphatic rings. The third kappa shape index (κ3) is 2.45. The van der Waals surface area contributed by atoms with E-state index in [0.29, 0.717) is 10.5 Å². The van der Waals surface area contributed by atoms with Crippen LogP contribution in [0, 0.1) is 25.4 Å². The molecule has 5 heteroatoms. The van der Waals surface area contributed by atoms with E-state index in [9.17, 15) is 0 Å². The summed E-state index contributed by atoms with van der Waals surface area (Å²) in [5, 5.41) is 0. The largest absolute Gasteiger partial charge is 0.341 e. The topological polar surface area (TPSA) is 41.6 Å². The van der Waals surface area contributed by atoms with E-state index in [0.717, 1.165) is 27.0 Å². The quantitative estimate of drug-likeness (QED) is 0.813. The Hall–Kier alpha value is -1.07. The van der Waals surface area contributed by atoms with Crippen molar-refractivity contribution in [2.45, 2.75) is 20.8 Å². The van der Waals surface area contributed by atoms with E-state index in [1.54, 1.807) is 0 Å². The second kappa shape index (κ2) is 4.66. The van der Waals surface area contributed by atoms with Gasteiger partial charge in [-0.3, -0.25) is 4.98 Å². The van der Waals surface area contributed by atoms with Crippen LogP contribution in [0.4, 0.5) is 0 Å². The number of nitrogens with one attached hydrogen (secondary N) is 1. The maximum Gasteiger partial charge on any atom is 0.158 e. The highest BCUT2D eigenvalue weighted by molar-refractivity contribution is 9.10. The molecule has 88 valence electrons. The summed E-state index contributed by atoms with van der Waals surface area (Å²) in [5.74, 6) is 0.716. The molecule has 0 atom stereocenters. The van der Waals surface area contributed by atoms with E-state index in [2.05, 4.69) is 36.9 Å². The Morgan fingerprint density at radius 2 is 2.00 bits per heavy atom. The normalized spacial score (nSPS) is 10.6. The second-order valence-corrected chi connectivity index (χ2v) is 5.19. The van der Waals surface area contributed by atoms with E-state index >= 15 is 0 Å². The SMILES string of the molecule is Cc1cnc(-c2nc(=S)c(Br)c(C)[nH]2)c(C)c1. The summed E-state index contributed by atoms with van der Waals surface area (Å²) in [6.45, 7) is 5.99. The Labute approximate surface area is 113 Å². The molecule has 0 spiro atoms.